The molecule has 1 aromatic rings. The summed E-state index contributed by atoms with van der Waals surface area (Å²) in [6, 6.07) is 5.10. The van der Waals surface area contributed by atoms with Crippen LogP contribution in [0.5, 0.6) is 0 Å². The number of carbonyl (C=O) groups excluding carboxylic acids is 2. The van der Waals surface area contributed by atoms with Gasteiger partial charge in [0.15, 0.2) is 6.61 Å². The van der Waals surface area contributed by atoms with Crippen LogP contribution < -0.4 is 5.32 Å². The summed E-state index contributed by atoms with van der Waals surface area (Å²) in [4.78, 5) is 23.1. The Bertz CT molecular complexity index is 554. The molecule has 1 N–H and O–H groups in total. The van der Waals surface area contributed by atoms with E-state index in [1.165, 1.54) is 6.08 Å². The third kappa shape index (κ3) is 6.50. The minimum absolute atomic E-state index is 0.109. The zero-order valence-electron chi connectivity index (χ0n) is 12.6. The Balaban J connectivity index is 2.44. The lowest BCUT2D eigenvalue weighted by Crippen LogP contribution is -2.36. The van der Waals surface area contributed by atoms with Gasteiger partial charge in [0.1, 0.15) is 0 Å². The van der Waals surface area contributed by atoms with Gasteiger partial charge in [-0.3, -0.25) is 4.79 Å². The molecule has 22 heavy (non-hydrogen) atoms. The average Bonchev–Trinajstić information content (AvgIpc) is 2.51. The first kappa shape index (κ1) is 18.5. The third-order valence-electron chi connectivity index (χ3n) is 3.05. The molecule has 0 unspecified atom stereocenters. The number of esters is 1. The average molecular weight is 344 g/mol. The molecule has 0 radical (unpaired) electrons. The van der Waals surface area contributed by atoms with Crippen molar-refractivity contribution in [1.82, 2.24) is 5.32 Å². The number of nitrogens with one attached hydrogen (secondary N) is 1. The zero-order chi connectivity index (χ0) is 16.5. The highest BCUT2D eigenvalue weighted by atomic mass is 35.5. The molecule has 1 rings (SSSR count). The largest absolute Gasteiger partial charge is 0.452 e. The maximum absolute atomic E-state index is 11.6. The second kappa shape index (κ2) is 9.49. The number of rotatable bonds is 7. The van der Waals surface area contributed by atoms with Gasteiger partial charge < -0.3 is 10.1 Å². The molecule has 0 aliphatic carbocycles. The number of benzene rings is 1. The lowest BCUT2D eigenvalue weighted by Gasteiger charge is -2.14. The van der Waals surface area contributed by atoms with Crippen LogP contribution in [0.25, 0.3) is 6.08 Å². The Hall–Kier alpha value is -1.52. The first-order valence-corrected chi connectivity index (χ1v) is 7.81. The predicted molar refractivity (Wildman–Crippen MR) is 89.0 cm³/mol. The predicted octanol–water partition coefficient (Wildman–Crippen LogP) is 3.85. The fourth-order valence-corrected chi connectivity index (χ4v) is 2.03. The van der Waals surface area contributed by atoms with Crippen LogP contribution in [0.3, 0.4) is 0 Å². The topological polar surface area (TPSA) is 55.4 Å². The summed E-state index contributed by atoms with van der Waals surface area (Å²) in [5.74, 6) is -0.893. The number of amides is 1. The lowest BCUT2D eigenvalue weighted by atomic mass is 10.2. The maximum Gasteiger partial charge on any atom is 0.331 e. The summed E-state index contributed by atoms with van der Waals surface area (Å²) in [7, 11) is 0. The zero-order valence-corrected chi connectivity index (χ0v) is 14.1. The van der Waals surface area contributed by atoms with Gasteiger partial charge in [0, 0.05) is 12.1 Å². The van der Waals surface area contributed by atoms with Crippen molar-refractivity contribution in [3.05, 3.63) is 39.9 Å². The Kier molecular flexibility index (Phi) is 7.99. The molecule has 1 aromatic carbocycles. The number of halogens is 2. The van der Waals surface area contributed by atoms with Gasteiger partial charge in [-0.2, -0.15) is 0 Å². The normalized spacial score (nSPS) is 11.0. The van der Waals surface area contributed by atoms with Crippen molar-refractivity contribution in [2.45, 2.75) is 32.7 Å². The smallest absolute Gasteiger partial charge is 0.331 e. The van der Waals surface area contributed by atoms with Crippen LogP contribution in [-0.2, 0) is 14.3 Å². The molecule has 0 aromatic heterocycles. The van der Waals surface area contributed by atoms with E-state index in [0.29, 0.717) is 15.6 Å². The summed E-state index contributed by atoms with van der Waals surface area (Å²) in [5, 5.41) is 3.64. The fourth-order valence-electron chi connectivity index (χ4n) is 1.73. The van der Waals surface area contributed by atoms with Gasteiger partial charge in [-0.05, 0) is 36.6 Å². The van der Waals surface area contributed by atoms with Gasteiger partial charge >= 0.3 is 5.97 Å². The highest BCUT2D eigenvalue weighted by Gasteiger charge is 2.09. The minimum Gasteiger partial charge on any atom is -0.452 e. The van der Waals surface area contributed by atoms with E-state index in [1.807, 2.05) is 13.8 Å². The minimum atomic E-state index is -0.592. The Labute approximate surface area is 140 Å². The Morgan fingerprint density at radius 3 is 2.50 bits per heavy atom. The summed E-state index contributed by atoms with van der Waals surface area (Å²) in [6.07, 6.45) is 4.47. The van der Waals surface area contributed by atoms with Crippen LogP contribution in [0.15, 0.2) is 24.3 Å². The van der Waals surface area contributed by atoms with Gasteiger partial charge in [0.05, 0.1) is 10.0 Å². The molecule has 0 saturated heterocycles. The van der Waals surface area contributed by atoms with Crippen molar-refractivity contribution in [3.63, 3.8) is 0 Å². The molecule has 0 saturated carbocycles. The molecule has 120 valence electrons. The first-order chi connectivity index (χ1) is 10.5. The van der Waals surface area contributed by atoms with Gasteiger partial charge in [-0.1, -0.05) is 43.1 Å². The van der Waals surface area contributed by atoms with Crippen molar-refractivity contribution in [2.24, 2.45) is 0 Å². The van der Waals surface area contributed by atoms with E-state index in [-0.39, 0.29) is 18.6 Å². The molecular weight excluding hydrogens is 325 g/mol. The quantitative estimate of drug-likeness (QED) is 0.604. The van der Waals surface area contributed by atoms with Gasteiger partial charge in [-0.15, -0.1) is 0 Å². The third-order valence-corrected chi connectivity index (χ3v) is 3.79. The fraction of sp³-hybridized carbons (Fsp3) is 0.375. The highest BCUT2D eigenvalue weighted by Crippen LogP contribution is 2.23. The van der Waals surface area contributed by atoms with Crippen molar-refractivity contribution in [1.29, 1.82) is 0 Å². The van der Waals surface area contributed by atoms with Crippen molar-refractivity contribution in [3.8, 4) is 0 Å². The molecule has 0 aliphatic rings. The van der Waals surface area contributed by atoms with Gasteiger partial charge in [0.25, 0.3) is 5.91 Å². The SMILES string of the molecule is CCC(CC)NC(=O)COC(=O)/C=C/c1ccc(Cl)c(Cl)c1. The van der Waals surface area contributed by atoms with Gasteiger partial charge in [0.2, 0.25) is 0 Å². The number of hydrogen-bond donors (Lipinski definition) is 1. The highest BCUT2D eigenvalue weighted by molar-refractivity contribution is 6.42. The number of carbonyl (C=O) groups is 2. The molecule has 0 bridgehead atoms. The summed E-state index contributed by atoms with van der Waals surface area (Å²) < 4.78 is 4.87. The first-order valence-electron chi connectivity index (χ1n) is 7.05. The molecule has 0 atom stereocenters. The molecule has 0 aliphatic heterocycles. The summed E-state index contributed by atoms with van der Waals surface area (Å²) in [6.45, 7) is 3.68. The Morgan fingerprint density at radius 2 is 1.91 bits per heavy atom. The molecule has 0 heterocycles. The van der Waals surface area contributed by atoms with Gasteiger partial charge in [-0.25, -0.2) is 4.79 Å². The second-order valence-electron chi connectivity index (χ2n) is 4.70. The van der Waals surface area contributed by atoms with E-state index < -0.39 is 5.97 Å². The van der Waals surface area contributed by atoms with Crippen molar-refractivity contribution >= 4 is 41.2 Å². The molecular formula is C16H19Cl2NO3. The molecule has 0 fully saturated rings. The van der Waals surface area contributed by atoms with Crippen molar-refractivity contribution < 1.29 is 14.3 Å². The van der Waals surface area contributed by atoms with Crippen LogP contribution in [0.2, 0.25) is 10.0 Å². The van der Waals surface area contributed by atoms with E-state index in [1.54, 1.807) is 24.3 Å². The molecule has 1 amide bonds. The number of hydrogen-bond acceptors (Lipinski definition) is 3. The summed E-state index contributed by atoms with van der Waals surface area (Å²) in [5.41, 5.74) is 0.716. The van der Waals surface area contributed by atoms with E-state index in [0.717, 1.165) is 12.8 Å². The lowest BCUT2D eigenvalue weighted by molar-refractivity contribution is -0.144. The monoisotopic (exact) mass is 343 g/mol. The maximum atomic E-state index is 11.6. The summed E-state index contributed by atoms with van der Waals surface area (Å²) >= 11 is 11.7. The molecule has 0 spiro atoms. The van der Waals surface area contributed by atoms with E-state index in [9.17, 15) is 9.59 Å². The molecule has 4 nitrogen and oxygen atoms in total. The van der Waals surface area contributed by atoms with E-state index in [2.05, 4.69) is 5.32 Å². The standard InChI is InChI=1S/C16H19Cl2NO3/c1-3-12(4-2)19-15(20)10-22-16(21)8-6-11-5-7-13(17)14(18)9-11/h5-9,12H,3-4,10H2,1-2H3,(H,19,20)/b8-6+. The van der Waals surface area contributed by atoms with Crippen LogP contribution >= 0.6 is 23.2 Å². The van der Waals surface area contributed by atoms with E-state index >= 15 is 0 Å². The van der Waals surface area contributed by atoms with Crippen LogP contribution in [0.4, 0.5) is 0 Å². The van der Waals surface area contributed by atoms with Crippen LogP contribution in [0.1, 0.15) is 32.3 Å². The van der Waals surface area contributed by atoms with Crippen molar-refractivity contribution in [2.75, 3.05) is 6.61 Å². The van der Waals surface area contributed by atoms with Crippen LogP contribution in [-0.4, -0.2) is 24.5 Å². The second-order valence-corrected chi connectivity index (χ2v) is 5.51. The van der Waals surface area contributed by atoms with E-state index in [4.69, 9.17) is 27.9 Å². The number of ether oxygens (including phenoxy) is 1. The molecule has 6 heteroatoms. The van der Waals surface area contributed by atoms with Crippen LogP contribution in [0, 0.1) is 0 Å². The Morgan fingerprint density at radius 1 is 1.23 bits per heavy atom.